The summed E-state index contributed by atoms with van der Waals surface area (Å²) in [4.78, 5) is 16.2. The van der Waals surface area contributed by atoms with Crippen LogP contribution in [0, 0.1) is 0 Å². The molecule has 120 valence electrons. The smallest absolute Gasteiger partial charge is 0.338 e. The summed E-state index contributed by atoms with van der Waals surface area (Å²) in [7, 11) is 0. The van der Waals surface area contributed by atoms with Crippen molar-refractivity contribution in [2.75, 3.05) is 13.2 Å². The molecule has 2 rings (SSSR count). The second-order valence-electron chi connectivity index (χ2n) is 4.33. The Hall–Kier alpha value is -0.440. The zero-order valence-corrected chi connectivity index (χ0v) is 16.7. The predicted octanol–water partition coefficient (Wildman–Crippen LogP) is 4.37. The molecule has 1 heterocycles. The summed E-state index contributed by atoms with van der Waals surface area (Å²) >= 11 is 10.3. The number of carbonyl (C=O) groups is 1. The quantitative estimate of drug-likeness (QED) is 0.261. The maximum Gasteiger partial charge on any atom is 0.338 e. The first-order chi connectivity index (χ1) is 10.5. The van der Waals surface area contributed by atoms with Gasteiger partial charge in [-0.05, 0) is 57.8 Å². The number of nitrogens with zero attached hydrogens (tertiary/aromatic N) is 1. The molecule has 5 nitrogen and oxygen atoms in total. The first-order valence-corrected chi connectivity index (χ1v) is 9.03. The van der Waals surface area contributed by atoms with E-state index in [1.165, 1.54) is 0 Å². The summed E-state index contributed by atoms with van der Waals surface area (Å²) < 4.78 is 18.3. The van der Waals surface area contributed by atoms with Gasteiger partial charge in [0.25, 0.3) is 0 Å². The third-order valence-corrected chi connectivity index (χ3v) is 4.42. The maximum atomic E-state index is 11.7. The zero-order valence-electron chi connectivity index (χ0n) is 11.9. The number of esters is 1. The van der Waals surface area contributed by atoms with Crippen LogP contribution in [0.3, 0.4) is 0 Å². The Morgan fingerprint density at radius 3 is 2.27 bits per heavy atom. The van der Waals surface area contributed by atoms with Crippen molar-refractivity contribution in [1.29, 1.82) is 0 Å². The standard InChI is InChI=1S/C14H14Br3NO4/c1-3-20-13(11-12(22-11)14(19)21-4-2)18-10-8(16)5-7(15)6-9(10)17/h5-6,11-12H,3-4H2,1-2H3. The highest BCUT2D eigenvalue weighted by atomic mass is 79.9. The molecule has 1 saturated heterocycles. The topological polar surface area (TPSA) is 60.4 Å². The summed E-state index contributed by atoms with van der Waals surface area (Å²) in [5.74, 6) is -0.0295. The highest BCUT2D eigenvalue weighted by molar-refractivity contribution is 9.11. The average Bonchev–Trinajstić information content (AvgIpc) is 3.22. The van der Waals surface area contributed by atoms with Gasteiger partial charge in [-0.2, -0.15) is 0 Å². The van der Waals surface area contributed by atoms with Gasteiger partial charge in [-0.3, -0.25) is 0 Å². The fourth-order valence-electron chi connectivity index (χ4n) is 1.78. The minimum absolute atomic E-state index is 0.316. The Morgan fingerprint density at radius 2 is 1.73 bits per heavy atom. The number of benzene rings is 1. The van der Waals surface area contributed by atoms with Crippen molar-refractivity contribution in [3.05, 3.63) is 25.6 Å². The fourth-order valence-corrected chi connectivity index (χ4v) is 4.22. The summed E-state index contributed by atoms with van der Waals surface area (Å²) in [5.41, 5.74) is 0.671. The summed E-state index contributed by atoms with van der Waals surface area (Å²) in [5, 5.41) is 0. The Balaban J connectivity index is 2.24. The Kier molecular flexibility index (Phi) is 6.43. The van der Waals surface area contributed by atoms with Gasteiger partial charge in [-0.15, -0.1) is 0 Å². The molecule has 0 bridgehead atoms. The fraction of sp³-hybridized carbons (Fsp3) is 0.429. The molecule has 1 aromatic carbocycles. The van der Waals surface area contributed by atoms with Gasteiger partial charge in [0.05, 0.1) is 18.9 Å². The Morgan fingerprint density at radius 1 is 1.14 bits per heavy atom. The van der Waals surface area contributed by atoms with Crippen molar-refractivity contribution in [2.45, 2.75) is 26.1 Å². The SMILES string of the molecule is CCOC(=O)C1OC1C(=Nc1c(Br)cc(Br)cc1Br)OCC. The second kappa shape index (κ2) is 7.90. The normalized spacial score (nSPS) is 20.7. The van der Waals surface area contributed by atoms with Crippen LogP contribution >= 0.6 is 47.8 Å². The third-order valence-electron chi connectivity index (χ3n) is 2.75. The highest BCUT2D eigenvalue weighted by Gasteiger charge is 2.51. The van der Waals surface area contributed by atoms with Crippen LogP contribution in [0.15, 0.2) is 30.5 Å². The van der Waals surface area contributed by atoms with Crippen LogP contribution in [-0.2, 0) is 19.0 Å². The van der Waals surface area contributed by atoms with E-state index in [-0.39, 0.29) is 0 Å². The van der Waals surface area contributed by atoms with Gasteiger partial charge in [-0.1, -0.05) is 15.9 Å². The van der Waals surface area contributed by atoms with Gasteiger partial charge in [0.15, 0.2) is 12.2 Å². The number of ether oxygens (including phenoxy) is 3. The summed E-state index contributed by atoms with van der Waals surface area (Å²) in [6, 6.07) is 3.76. The van der Waals surface area contributed by atoms with Crippen LogP contribution in [0.5, 0.6) is 0 Å². The van der Waals surface area contributed by atoms with Gasteiger partial charge in [0.2, 0.25) is 5.90 Å². The molecule has 0 aromatic heterocycles. The van der Waals surface area contributed by atoms with E-state index in [1.54, 1.807) is 6.92 Å². The lowest BCUT2D eigenvalue weighted by Crippen LogP contribution is -2.20. The summed E-state index contributed by atoms with van der Waals surface area (Å²) in [6.07, 6.45) is -1.14. The number of epoxide rings is 1. The molecule has 8 heteroatoms. The van der Waals surface area contributed by atoms with Crippen LogP contribution in [0.1, 0.15) is 13.8 Å². The molecule has 2 atom stereocenters. The molecule has 1 fully saturated rings. The molecule has 0 aliphatic carbocycles. The number of carbonyl (C=O) groups excluding carboxylic acids is 1. The lowest BCUT2D eigenvalue weighted by Gasteiger charge is -2.08. The zero-order chi connectivity index (χ0) is 16.3. The van der Waals surface area contributed by atoms with Crippen molar-refractivity contribution >= 4 is 65.3 Å². The number of halogens is 3. The molecule has 0 N–H and O–H groups in total. The van der Waals surface area contributed by atoms with Gasteiger partial charge in [0, 0.05) is 13.4 Å². The molecule has 0 amide bonds. The van der Waals surface area contributed by atoms with Crippen LogP contribution in [0.4, 0.5) is 5.69 Å². The van der Waals surface area contributed by atoms with Crippen molar-refractivity contribution in [1.82, 2.24) is 0 Å². The highest BCUT2D eigenvalue weighted by Crippen LogP contribution is 2.38. The largest absolute Gasteiger partial charge is 0.479 e. The molecule has 1 aliphatic rings. The van der Waals surface area contributed by atoms with Gasteiger partial charge in [-0.25, -0.2) is 9.79 Å². The van der Waals surface area contributed by atoms with E-state index in [9.17, 15) is 4.79 Å². The number of hydrogen-bond donors (Lipinski definition) is 0. The number of aliphatic imine (C=N–C) groups is 1. The maximum absolute atomic E-state index is 11.7. The first kappa shape index (κ1) is 17.9. The van der Waals surface area contributed by atoms with E-state index in [1.807, 2.05) is 19.1 Å². The van der Waals surface area contributed by atoms with Crippen LogP contribution in [-0.4, -0.2) is 37.3 Å². The van der Waals surface area contributed by atoms with Gasteiger partial charge >= 0.3 is 5.97 Å². The number of rotatable bonds is 5. The van der Waals surface area contributed by atoms with E-state index in [0.717, 1.165) is 13.4 Å². The van der Waals surface area contributed by atoms with Crippen molar-refractivity contribution < 1.29 is 19.0 Å². The van der Waals surface area contributed by atoms with E-state index in [4.69, 9.17) is 14.2 Å². The minimum atomic E-state index is -0.641. The molecule has 0 radical (unpaired) electrons. The van der Waals surface area contributed by atoms with E-state index >= 15 is 0 Å². The van der Waals surface area contributed by atoms with Crippen LogP contribution in [0.2, 0.25) is 0 Å². The molecule has 0 saturated carbocycles. The molecule has 1 aromatic rings. The van der Waals surface area contributed by atoms with E-state index in [2.05, 4.69) is 52.8 Å². The molecular formula is C14H14Br3NO4. The lowest BCUT2D eigenvalue weighted by molar-refractivity contribution is -0.144. The van der Waals surface area contributed by atoms with Gasteiger partial charge < -0.3 is 14.2 Å². The summed E-state index contributed by atoms with van der Waals surface area (Å²) in [6.45, 7) is 4.35. The first-order valence-electron chi connectivity index (χ1n) is 6.65. The molecule has 2 unspecified atom stereocenters. The predicted molar refractivity (Wildman–Crippen MR) is 93.6 cm³/mol. The van der Waals surface area contributed by atoms with Crippen molar-refractivity contribution in [3.63, 3.8) is 0 Å². The molecular weight excluding hydrogens is 486 g/mol. The molecule has 0 spiro atoms. The van der Waals surface area contributed by atoms with Gasteiger partial charge in [0.1, 0.15) is 0 Å². The van der Waals surface area contributed by atoms with E-state index < -0.39 is 18.2 Å². The average molecular weight is 500 g/mol. The van der Waals surface area contributed by atoms with Crippen molar-refractivity contribution in [3.8, 4) is 0 Å². The third kappa shape index (κ3) is 4.31. The van der Waals surface area contributed by atoms with Crippen molar-refractivity contribution in [2.24, 2.45) is 4.99 Å². The monoisotopic (exact) mass is 497 g/mol. The van der Waals surface area contributed by atoms with E-state index in [0.29, 0.717) is 24.8 Å². The minimum Gasteiger partial charge on any atom is -0.479 e. The lowest BCUT2D eigenvalue weighted by atomic mass is 10.3. The molecule has 22 heavy (non-hydrogen) atoms. The Labute approximate surface area is 153 Å². The Bertz CT molecular complexity index is 583. The number of hydrogen-bond acceptors (Lipinski definition) is 5. The second-order valence-corrected chi connectivity index (χ2v) is 6.95. The molecule has 1 aliphatic heterocycles. The van der Waals surface area contributed by atoms with Crippen LogP contribution in [0.25, 0.3) is 0 Å². The van der Waals surface area contributed by atoms with Crippen LogP contribution < -0.4 is 0 Å².